The van der Waals surface area contributed by atoms with Crippen molar-refractivity contribution in [1.82, 2.24) is 9.88 Å². The van der Waals surface area contributed by atoms with Gasteiger partial charge in [-0.3, -0.25) is 14.6 Å². The summed E-state index contributed by atoms with van der Waals surface area (Å²) in [6.45, 7) is 0. The molecular weight excluding hydrogens is 323 g/mol. The molecule has 0 aliphatic carbocycles. The quantitative estimate of drug-likeness (QED) is 0.930. The van der Waals surface area contributed by atoms with Gasteiger partial charge < -0.3 is 10.2 Å². The van der Waals surface area contributed by atoms with Gasteiger partial charge in [-0.1, -0.05) is 12.1 Å². The summed E-state index contributed by atoms with van der Waals surface area (Å²) in [5, 5.41) is 11.7. The van der Waals surface area contributed by atoms with Crippen molar-refractivity contribution in [3.63, 3.8) is 0 Å². The summed E-state index contributed by atoms with van der Waals surface area (Å²) in [4.78, 5) is 30.4. The molecule has 7 heteroatoms. The molecule has 0 bridgehead atoms. The molecule has 2 amide bonds. The number of amides is 2. The Morgan fingerprint density at radius 1 is 1.40 bits per heavy atom. The third kappa shape index (κ3) is 3.06. The molecule has 25 heavy (non-hydrogen) atoms. The number of aromatic nitrogens is 1. The molecule has 6 nitrogen and oxygen atoms in total. The van der Waals surface area contributed by atoms with E-state index in [2.05, 4.69) is 10.3 Å². The monoisotopic (exact) mass is 338 g/mol. The maximum atomic E-state index is 13.7. The Hall–Kier alpha value is -3.27. The fourth-order valence-electron chi connectivity index (χ4n) is 3.08. The van der Waals surface area contributed by atoms with Crippen LogP contribution in [-0.4, -0.2) is 28.7 Å². The fourth-order valence-corrected chi connectivity index (χ4v) is 3.08. The number of carbonyl (C=O) groups is 2. The number of hydrogen-bond acceptors (Lipinski definition) is 4. The van der Waals surface area contributed by atoms with Gasteiger partial charge >= 0.3 is 0 Å². The minimum Gasteiger partial charge on any atom is -0.338 e. The summed E-state index contributed by atoms with van der Waals surface area (Å²) >= 11 is 0. The third-order valence-electron chi connectivity index (χ3n) is 4.33. The van der Waals surface area contributed by atoms with E-state index in [0.717, 1.165) is 11.6 Å². The molecule has 0 spiro atoms. The molecule has 0 saturated carbocycles. The van der Waals surface area contributed by atoms with Gasteiger partial charge in [0.25, 0.3) is 0 Å². The number of pyridine rings is 1. The van der Waals surface area contributed by atoms with Crippen LogP contribution in [-0.2, 0) is 9.59 Å². The van der Waals surface area contributed by atoms with Gasteiger partial charge in [-0.25, -0.2) is 4.39 Å². The Bertz CT molecular complexity index is 863. The number of benzene rings is 1. The number of nitrogens with one attached hydrogen (secondary N) is 1. The number of rotatable bonds is 3. The molecule has 126 valence electrons. The number of carbonyl (C=O) groups excluding carboxylic acids is 2. The SMILES string of the molecule is CN1C(=O)C[C@@H](C(=O)Nc2cccc(F)c2C#N)[C@@H]1c1cccnc1. The highest BCUT2D eigenvalue weighted by Gasteiger charge is 2.42. The normalized spacial score (nSPS) is 19.6. The lowest BCUT2D eigenvalue weighted by Gasteiger charge is -2.24. The molecule has 1 N–H and O–H groups in total. The average molecular weight is 338 g/mol. The molecule has 2 heterocycles. The van der Waals surface area contributed by atoms with Crippen molar-refractivity contribution in [3.05, 3.63) is 59.7 Å². The second-order valence-corrected chi connectivity index (χ2v) is 5.81. The summed E-state index contributed by atoms with van der Waals surface area (Å²) in [5.41, 5.74) is 0.613. The molecule has 1 aromatic carbocycles. The zero-order chi connectivity index (χ0) is 18.0. The molecule has 1 fully saturated rings. The van der Waals surface area contributed by atoms with Crippen LogP contribution in [0, 0.1) is 23.1 Å². The molecule has 1 aliphatic heterocycles. The van der Waals surface area contributed by atoms with Gasteiger partial charge in [-0.15, -0.1) is 0 Å². The van der Waals surface area contributed by atoms with E-state index in [9.17, 15) is 14.0 Å². The van der Waals surface area contributed by atoms with Crippen LogP contribution in [0.25, 0.3) is 0 Å². The van der Waals surface area contributed by atoms with Crippen molar-refractivity contribution in [2.24, 2.45) is 5.92 Å². The predicted octanol–water partition coefficient (Wildman–Crippen LogP) is 2.25. The van der Waals surface area contributed by atoms with E-state index in [0.29, 0.717) is 0 Å². The molecule has 1 saturated heterocycles. The van der Waals surface area contributed by atoms with Gasteiger partial charge in [0.1, 0.15) is 17.4 Å². The van der Waals surface area contributed by atoms with Crippen molar-refractivity contribution in [3.8, 4) is 6.07 Å². The van der Waals surface area contributed by atoms with Gasteiger partial charge in [0.15, 0.2) is 0 Å². The topological polar surface area (TPSA) is 86.1 Å². The van der Waals surface area contributed by atoms with Gasteiger partial charge in [0.05, 0.1) is 17.6 Å². The molecule has 0 unspecified atom stereocenters. The van der Waals surface area contributed by atoms with Crippen LogP contribution < -0.4 is 5.32 Å². The maximum Gasteiger partial charge on any atom is 0.230 e. The van der Waals surface area contributed by atoms with E-state index in [4.69, 9.17) is 5.26 Å². The second kappa shape index (κ2) is 6.69. The molecule has 1 aliphatic rings. The maximum absolute atomic E-state index is 13.7. The Morgan fingerprint density at radius 3 is 2.88 bits per heavy atom. The Labute approximate surface area is 143 Å². The van der Waals surface area contributed by atoms with Gasteiger partial charge in [-0.2, -0.15) is 5.26 Å². The van der Waals surface area contributed by atoms with E-state index in [1.807, 2.05) is 0 Å². The van der Waals surface area contributed by atoms with E-state index >= 15 is 0 Å². The van der Waals surface area contributed by atoms with Crippen molar-refractivity contribution in [2.75, 3.05) is 12.4 Å². The molecule has 2 aromatic rings. The Balaban J connectivity index is 1.90. The van der Waals surface area contributed by atoms with Gasteiger partial charge in [-0.05, 0) is 23.8 Å². The summed E-state index contributed by atoms with van der Waals surface area (Å²) in [5.74, 6) is -1.96. The molecule has 0 radical (unpaired) electrons. The lowest BCUT2D eigenvalue weighted by Crippen LogP contribution is -2.30. The van der Waals surface area contributed by atoms with Crippen LogP contribution >= 0.6 is 0 Å². The Morgan fingerprint density at radius 2 is 2.20 bits per heavy atom. The largest absolute Gasteiger partial charge is 0.338 e. The van der Waals surface area contributed by atoms with Crippen LogP contribution in [0.2, 0.25) is 0 Å². The lowest BCUT2D eigenvalue weighted by atomic mass is 9.93. The zero-order valence-corrected chi connectivity index (χ0v) is 13.4. The van der Waals surface area contributed by atoms with Gasteiger partial charge in [0.2, 0.25) is 11.8 Å². The number of halogens is 1. The summed E-state index contributed by atoms with van der Waals surface area (Å²) < 4.78 is 13.7. The first-order valence-corrected chi connectivity index (χ1v) is 7.68. The highest BCUT2D eigenvalue weighted by molar-refractivity contribution is 5.98. The molecule has 3 rings (SSSR count). The average Bonchev–Trinajstić information content (AvgIpc) is 2.91. The van der Waals surface area contributed by atoms with Crippen molar-refractivity contribution in [2.45, 2.75) is 12.5 Å². The van der Waals surface area contributed by atoms with Crippen molar-refractivity contribution in [1.29, 1.82) is 5.26 Å². The number of hydrogen-bond donors (Lipinski definition) is 1. The molecule has 1 aromatic heterocycles. The van der Waals surface area contributed by atoms with Crippen LogP contribution in [0.5, 0.6) is 0 Å². The minimum atomic E-state index is -0.705. The summed E-state index contributed by atoms with van der Waals surface area (Å²) in [6, 6.07) is 8.85. The lowest BCUT2D eigenvalue weighted by molar-refractivity contribution is -0.127. The first kappa shape index (κ1) is 16.6. The van der Waals surface area contributed by atoms with E-state index in [-0.39, 0.29) is 23.6 Å². The summed E-state index contributed by atoms with van der Waals surface area (Å²) in [7, 11) is 1.64. The van der Waals surface area contributed by atoms with E-state index in [1.165, 1.54) is 17.0 Å². The van der Waals surface area contributed by atoms with E-state index < -0.39 is 23.7 Å². The second-order valence-electron chi connectivity index (χ2n) is 5.81. The number of nitriles is 1. The number of likely N-dealkylation sites (tertiary alicyclic amines) is 1. The number of anilines is 1. The third-order valence-corrected chi connectivity index (χ3v) is 4.33. The summed E-state index contributed by atoms with van der Waals surface area (Å²) in [6.07, 6.45) is 3.27. The Kier molecular flexibility index (Phi) is 4.44. The fraction of sp³-hybridized carbons (Fsp3) is 0.222. The van der Waals surface area contributed by atoms with Gasteiger partial charge in [0, 0.05) is 25.9 Å². The highest BCUT2D eigenvalue weighted by Crippen LogP contribution is 2.37. The zero-order valence-electron chi connectivity index (χ0n) is 13.4. The first-order valence-electron chi connectivity index (χ1n) is 7.68. The van der Waals surface area contributed by atoms with Crippen LogP contribution in [0.4, 0.5) is 10.1 Å². The molecule has 2 atom stereocenters. The van der Waals surface area contributed by atoms with Crippen LogP contribution in [0.1, 0.15) is 23.6 Å². The minimum absolute atomic E-state index is 0.0408. The first-order chi connectivity index (χ1) is 12.0. The van der Waals surface area contributed by atoms with Crippen molar-refractivity contribution >= 4 is 17.5 Å². The van der Waals surface area contributed by atoms with Crippen molar-refractivity contribution < 1.29 is 14.0 Å². The molecular formula is C18H15FN4O2. The van der Waals surface area contributed by atoms with Crippen LogP contribution in [0.3, 0.4) is 0 Å². The van der Waals surface area contributed by atoms with E-state index in [1.54, 1.807) is 37.6 Å². The highest BCUT2D eigenvalue weighted by atomic mass is 19.1. The standard InChI is InChI=1S/C18H15FN4O2/c1-23-16(24)8-12(17(23)11-4-3-7-21-10-11)18(25)22-15-6-2-5-14(19)13(15)9-20/h2-7,10,12,17H,8H2,1H3,(H,22,25)/t12-,17+/m1/s1. The number of nitrogens with zero attached hydrogens (tertiary/aromatic N) is 3. The predicted molar refractivity (Wildman–Crippen MR) is 87.6 cm³/mol. The van der Waals surface area contributed by atoms with Crippen LogP contribution in [0.15, 0.2) is 42.7 Å². The smallest absolute Gasteiger partial charge is 0.230 e.